The number of likely N-dealkylation sites (tertiary alicyclic amines) is 1. The second kappa shape index (κ2) is 6.58. The van der Waals surface area contributed by atoms with E-state index < -0.39 is 17.3 Å². The lowest BCUT2D eigenvalue weighted by Gasteiger charge is -2.36. The van der Waals surface area contributed by atoms with Crippen LogP contribution in [0, 0.1) is 11.8 Å². The normalized spacial score (nSPS) is 23.8. The van der Waals surface area contributed by atoms with Gasteiger partial charge in [0.25, 0.3) is 5.82 Å². The van der Waals surface area contributed by atoms with E-state index in [0.717, 1.165) is 18.2 Å². The Morgan fingerprint density at radius 3 is 2.35 bits per heavy atom. The van der Waals surface area contributed by atoms with Crippen molar-refractivity contribution in [3.05, 3.63) is 5.82 Å². The first-order valence-corrected chi connectivity index (χ1v) is 8.20. The average molecular weight is 351 g/mol. The highest BCUT2D eigenvalue weighted by molar-refractivity contribution is 8.00. The van der Waals surface area contributed by atoms with Gasteiger partial charge in [-0.05, 0) is 25.2 Å². The molecule has 0 bridgehead atoms. The molecule has 2 N–H and O–H groups in total. The van der Waals surface area contributed by atoms with E-state index in [0.29, 0.717) is 29.6 Å². The Hall–Kier alpha value is -1.45. The van der Waals surface area contributed by atoms with Crippen molar-refractivity contribution in [1.82, 2.24) is 19.8 Å². The van der Waals surface area contributed by atoms with Crippen LogP contribution >= 0.6 is 11.8 Å². The van der Waals surface area contributed by atoms with Crippen LogP contribution in [-0.2, 0) is 11.0 Å². The number of hydrogen-bond acceptors (Lipinski definition) is 5. The summed E-state index contributed by atoms with van der Waals surface area (Å²) < 4.78 is 38.3. The third-order valence-corrected chi connectivity index (χ3v) is 4.77. The Labute approximate surface area is 136 Å². The van der Waals surface area contributed by atoms with Crippen LogP contribution in [0.4, 0.5) is 13.2 Å². The fraction of sp³-hybridized carbons (Fsp3) is 0.769. The molecule has 1 amide bonds. The standard InChI is InChI=1S/C13H20F3N5OS/c1-7-4-8(2)6-20(5-7)10(22)9(3)23-12-19-18-11(21(12)17)13(14,15)16/h7-9H,4-6,17H2,1-3H3. The number of nitrogens with two attached hydrogens (primary N) is 1. The van der Waals surface area contributed by atoms with E-state index in [-0.39, 0.29) is 11.1 Å². The Kier molecular flexibility index (Phi) is 5.12. The van der Waals surface area contributed by atoms with Gasteiger partial charge in [0.05, 0.1) is 5.25 Å². The summed E-state index contributed by atoms with van der Waals surface area (Å²) in [6.45, 7) is 7.13. The largest absolute Gasteiger partial charge is 0.453 e. The SMILES string of the molecule is CC1CC(C)CN(C(=O)C(C)Sc2nnc(C(F)(F)F)n2N)C1. The fourth-order valence-corrected chi connectivity index (χ4v) is 3.71. The van der Waals surface area contributed by atoms with E-state index in [4.69, 9.17) is 5.84 Å². The number of aromatic nitrogens is 3. The Bertz CT molecular complexity index is 566. The van der Waals surface area contributed by atoms with Crippen LogP contribution in [0.5, 0.6) is 0 Å². The molecule has 0 spiro atoms. The van der Waals surface area contributed by atoms with Gasteiger partial charge in [-0.25, -0.2) is 4.68 Å². The highest BCUT2D eigenvalue weighted by atomic mass is 32.2. The van der Waals surface area contributed by atoms with Gasteiger partial charge in [-0.3, -0.25) is 4.79 Å². The molecule has 23 heavy (non-hydrogen) atoms. The van der Waals surface area contributed by atoms with E-state index in [1.54, 1.807) is 11.8 Å². The van der Waals surface area contributed by atoms with Gasteiger partial charge < -0.3 is 10.7 Å². The number of carbonyl (C=O) groups excluding carboxylic acids is 1. The number of piperidine rings is 1. The number of nitrogen functional groups attached to an aromatic ring is 1. The zero-order valence-electron chi connectivity index (χ0n) is 13.2. The summed E-state index contributed by atoms with van der Waals surface area (Å²) in [5, 5.41) is 5.78. The zero-order chi connectivity index (χ0) is 17.4. The van der Waals surface area contributed by atoms with Crippen LogP contribution in [0.3, 0.4) is 0 Å². The highest BCUT2D eigenvalue weighted by Gasteiger charge is 2.39. The van der Waals surface area contributed by atoms with Crippen LogP contribution in [0.2, 0.25) is 0 Å². The highest BCUT2D eigenvalue weighted by Crippen LogP contribution is 2.31. The van der Waals surface area contributed by atoms with Gasteiger partial charge in [-0.15, -0.1) is 10.2 Å². The lowest BCUT2D eigenvalue weighted by Crippen LogP contribution is -2.45. The van der Waals surface area contributed by atoms with Gasteiger partial charge >= 0.3 is 6.18 Å². The van der Waals surface area contributed by atoms with Crippen molar-refractivity contribution in [3.8, 4) is 0 Å². The van der Waals surface area contributed by atoms with Gasteiger partial charge in [0, 0.05) is 13.1 Å². The molecule has 3 atom stereocenters. The number of halogens is 3. The molecular formula is C13H20F3N5OS. The molecule has 2 heterocycles. The maximum atomic E-state index is 12.6. The predicted octanol–water partition coefficient (Wildman–Crippen LogP) is 2.00. The van der Waals surface area contributed by atoms with Gasteiger partial charge in [-0.2, -0.15) is 13.2 Å². The molecule has 1 aliphatic heterocycles. The van der Waals surface area contributed by atoms with Crippen molar-refractivity contribution in [2.45, 2.75) is 43.8 Å². The molecule has 6 nitrogen and oxygen atoms in total. The summed E-state index contributed by atoms with van der Waals surface area (Å²) in [6.07, 6.45) is -3.61. The van der Waals surface area contributed by atoms with Crippen LogP contribution in [0.25, 0.3) is 0 Å². The first-order valence-electron chi connectivity index (χ1n) is 7.32. The maximum Gasteiger partial charge on any atom is 0.453 e. The molecule has 1 aromatic heterocycles. The number of thioether (sulfide) groups is 1. The molecule has 1 saturated heterocycles. The minimum absolute atomic E-state index is 0.120. The molecule has 10 heteroatoms. The summed E-state index contributed by atoms with van der Waals surface area (Å²) in [4.78, 5) is 14.3. The maximum absolute atomic E-state index is 12.6. The van der Waals surface area contributed by atoms with Crippen molar-refractivity contribution < 1.29 is 18.0 Å². The van der Waals surface area contributed by atoms with Crippen LogP contribution in [0.1, 0.15) is 33.0 Å². The quantitative estimate of drug-likeness (QED) is 0.666. The first kappa shape index (κ1) is 17.9. The van der Waals surface area contributed by atoms with Crippen molar-refractivity contribution in [2.75, 3.05) is 18.9 Å². The van der Waals surface area contributed by atoms with E-state index in [1.807, 2.05) is 0 Å². The van der Waals surface area contributed by atoms with Gasteiger partial charge in [0.1, 0.15) is 0 Å². The van der Waals surface area contributed by atoms with E-state index in [1.165, 1.54) is 0 Å². The molecular weight excluding hydrogens is 331 g/mol. The number of carbonyl (C=O) groups is 1. The van der Waals surface area contributed by atoms with Crippen molar-refractivity contribution in [1.29, 1.82) is 0 Å². The Morgan fingerprint density at radius 2 is 1.87 bits per heavy atom. The lowest BCUT2D eigenvalue weighted by atomic mass is 9.92. The van der Waals surface area contributed by atoms with Crippen molar-refractivity contribution >= 4 is 17.7 Å². The molecule has 130 valence electrons. The van der Waals surface area contributed by atoms with Crippen LogP contribution < -0.4 is 5.84 Å². The van der Waals surface area contributed by atoms with Crippen LogP contribution in [0.15, 0.2) is 5.16 Å². The van der Waals surface area contributed by atoms with Crippen molar-refractivity contribution in [3.63, 3.8) is 0 Å². The monoisotopic (exact) mass is 351 g/mol. The number of alkyl halides is 3. The average Bonchev–Trinajstić information content (AvgIpc) is 2.78. The lowest BCUT2D eigenvalue weighted by molar-refractivity contribution is -0.146. The molecule has 0 aromatic carbocycles. The molecule has 2 rings (SSSR count). The predicted molar refractivity (Wildman–Crippen MR) is 80.0 cm³/mol. The van der Waals surface area contributed by atoms with Gasteiger partial charge in [0.2, 0.25) is 11.1 Å². The third-order valence-electron chi connectivity index (χ3n) is 3.73. The minimum Gasteiger partial charge on any atom is -0.341 e. The smallest absolute Gasteiger partial charge is 0.341 e. The molecule has 1 aliphatic rings. The molecule has 3 unspecified atom stereocenters. The molecule has 0 saturated carbocycles. The van der Waals surface area contributed by atoms with Crippen LogP contribution in [-0.4, -0.2) is 44.0 Å². The minimum atomic E-state index is -4.68. The second-order valence-corrected chi connectivity index (χ2v) is 7.43. The molecule has 0 radical (unpaired) electrons. The molecule has 0 aliphatic carbocycles. The third kappa shape index (κ3) is 4.10. The first-order chi connectivity index (χ1) is 10.6. The molecule has 1 aromatic rings. The number of amides is 1. The number of nitrogens with zero attached hydrogens (tertiary/aromatic N) is 4. The summed E-state index contributed by atoms with van der Waals surface area (Å²) in [7, 11) is 0. The Morgan fingerprint density at radius 1 is 1.30 bits per heavy atom. The van der Waals surface area contributed by atoms with Gasteiger partial charge in [0.15, 0.2) is 0 Å². The van der Waals surface area contributed by atoms with E-state index >= 15 is 0 Å². The Balaban J connectivity index is 2.06. The topological polar surface area (TPSA) is 77.0 Å². The summed E-state index contributed by atoms with van der Waals surface area (Å²) in [6, 6.07) is 0. The number of rotatable bonds is 3. The van der Waals surface area contributed by atoms with E-state index in [2.05, 4.69) is 24.0 Å². The summed E-state index contributed by atoms with van der Waals surface area (Å²) in [5.41, 5.74) is 0. The number of hydrogen-bond donors (Lipinski definition) is 1. The van der Waals surface area contributed by atoms with Gasteiger partial charge in [-0.1, -0.05) is 25.6 Å². The fourth-order valence-electron chi connectivity index (χ4n) is 2.86. The van der Waals surface area contributed by atoms with E-state index in [9.17, 15) is 18.0 Å². The summed E-state index contributed by atoms with van der Waals surface area (Å²) in [5.74, 6) is 4.81. The zero-order valence-corrected chi connectivity index (χ0v) is 14.0. The van der Waals surface area contributed by atoms with Crippen molar-refractivity contribution in [2.24, 2.45) is 11.8 Å². The molecule has 1 fully saturated rings. The second-order valence-electron chi connectivity index (χ2n) is 6.12. The summed E-state index contributed by atoms with van der Waals surface area (Å²) >= 11 is 0.884.